The first kappa shape index (κ1) is 23.0. The molecule has 0 radical (unpaired) electrons. The molecule has 0 bridgehead atoms. The topological polar surface area (TPSA) is 83.6 Å². The van der Waals surface area contributed by atoms with E-state index in [1.807, 2.05) is 4.90 Å². The highest BCUT2D eigenvalue weighted by Gasteiger charge is 2.39. The van der Waals surface area contributed by atoms with Gasteiger partial charge in [0.25, 0.3) is 0 Å². The van der Waals surface area contributed by atoms with E-state index in [1.165, 1.54) is 22.3 Å². The van der Waals surface area contributed by atoms with E-state index in [4.69, 9.17) is 0 Å². The molecular weight excluding hydrogens is 424 g/mol. The zero-order chi connectivity index (χ0) is 22.9. The summed E-state index contributed by atoms with van der Waals surface area (Å²) in [5, 5.41) is 2.93. The number of amides is 2. The zero-order valence-electron chi connectivity index (χ0n) is 19.1. The molecule has 1 aliphatic carbocycles. The third-order valence-corrected chi connectivity index (χ3v) is 9.24. The van der Waals surface area contributed by atoms with Gasteiger partial charge in [0, 0.05) is 31.0 Å². The number of hydrogen-bond donors (Lipinski definition) is 1. The first-order valence-electron chi connectivity index (χ1n) is 11.8. The summed E-state index contributed by atoms with van der Waals surface area (Å²) >= 11 is 0. The van der Waals surface area contributed by atoms with Crippen molar-refractivity contribution in [1.82, 2.24) is 10.2 Å². The van der Waals surface area contributed by atoms with Crippen molar-refractivity contribution >= 4 is 27.2 Å². The molecule has 6 nitrogen and oxygen atoms in total. The van der Waals surface area contributed by atoms with E-state index in [-0.39, 0.29) is 41.2 Å². The van der Waals surface area contributed by atoms with Crippen LogP contribution in [0, 0.1) is 25.7 Å². The number of nitrogens with one attached hydrogen (secondary N) is 1. The minimum atomic E-state index is -3.05. The fourth-order valence-corrected chi connectivity index (χ4v) is 7.08. The van der Waals surface area contributed by atoms with E-state index in [2.05, 4.69) is 43.4 Å². The van der Waals surface area contributed by atoms with Crippen molar-refractivity contribution in [3.05, 3.63) is 41.0 Å². The largest absolute Gasteiger partial charge is 0.352 e. The van der Waals surface area contributed by atoms with Crippen molar-refractivity contribution in [2.75, 3.05) is 24.6 Å². The van der Waals surface area contributed by atoms with E-state index in [1.54, 1.807) is 0 Å². The Morgan fingerprint density at radius 1 is 1.06 bits per heavy atom. The van der Waals surface area contributed by atoms with Gasteiger partial charge in [0.1, 0.15) is 0 Å². The third-order valence-electron chi connectivity index (χ3n) is 7.47. The van der Waals surface area contributed by atoms with Crippen LogP contribution >= 0.6 is 0 Å². The second-order valence-electron chi connectivity index (χ2n) is 9.62. The Bertz CT molecular complexity index is 1030. The normalized spacial score (nSPS) is 27.6. The van der Waals surface area contributed by atoms with Gasteiger partial charge in [0.2, 0.25) is 11.8 Å². The lowest BCUT2D eigenvalue weighted by Gasteiger charge is -2.36. The van der Waals surface area contributed by atoms with Gasteiger partial charge in [0.15, 0.2) is 9.84 Å². The summed E-state index contributed by atoms with van der Waals surface area (Å²) in [6, 6.07) is 6.03. The smallest absolute Gasteiger partial charge is 0.226 e. The number of hydrogen-bond acceptors (Lipinski definition) is 4. The van der Waals surface area contributed by atoms with Gasteiger partial charge < -0.3 is 10.2 Å². The van der Waals surface area contributed by atoms with Crippen LogP contribution in [0.25, 0.3) is 5.57 Å². The van der Waals surface area contributed by atoms with Crippen molar-refractivity contribution in [2.24, 2.45) is 11.8 Å². The van der Waals surface area contributed by atoms with Gasteiger partial charge >= 0.3 is 0 Å². The number of sulfone groups is 1. The van der Waals surface area contributed by atoms with Gasteiger partial charge in [0.05, 0.1) is 11.5 Å². The Morgan fingerprint density at radius 2 is 1.81 bits per heavy atom. The summed E-state index contributed by atoms with van der Waals surface area (Å²) < 4.78 is 23.5. The minimum Gasteiger partial charge on any atom is -0.352 e. The van der Waals surface area contributed by atoms with Crippen molar-refractivity contribution in [3.8, 4) is 0 Å². The first-order valence-corrected chi connectivity index (χ1v) is 13.6. The van der Waals surface area contributed by atoms with Gasteiger partial charge in [-0.1, -0.05) is 37.1 Å². The summed E-state index contributed by atoms with van der Waals surface area (Å²) in [5.41, 5.74) is 5.11. The molecule has 1 N–H and O–H groups in total. The SMILES string of the molecule is Cc1cccc(C2=CCN(C(=O)C3CCCCC3C(=O)NC3CCS(=O)(=O)C3)CC2)c1C. The van der Waals surface area contributed by atoms with Crippen LogP contribution in [0.5, 0.6) is 0 Å². The lowest BCUT2D eigenvalue weighted by molar-refractivity contribution is -0.143. The molecule has 2 amide bonds. The number of carbonyl (C=O) groups excluding carboxylic acids is 2. The first-order chi connectivity index (χ1) is 15.2. The maximum Gasteiger partial charge on any atom is 0.226 e. The molecule has 7 heteroatoms. The highest BCUT2D eigenvalue weighted by Crippen LogP contribution is 2.34. The van der Waals surface area contributed by atoms with Gasteiger partial charge in [-0.3, -0.25) is 9.59 Å². The Morgan fingerprint density at radius 3 is 2.47 bits per heavy atom. The Labute approximate surface area is 191 Å². The highest BCUT2D eigenvalue weighted by molar-refractivity contribution is 7.91. The molecule has 32 heavy (non-hydrogen) atoms. The van der Waals surface area contributed by atoms with Gasteiger partial charge in [-0.15, -0.1) is 0 Å². The molecule has 1 saturated carbocycles. The second kappa shape index (κ2) is 9.38. The van der Waals surface area contributed by atoms with Crippen LogP contribution in [-0.4, -0.2) is 55.8 Å². The average Bonchev–Trinajstić information content (AvgIpc) is 3.13. The lowest BCUT2D eigenvalue weighted by Crippen LogP contribution is -2.48. The highest BCUT2D eigenvalue weighted by atomic mass is 32.2. The Balaban J connectivity index is 1.42. The van der Waals surface area contributed by atoms with Gasteiger partial charge in [-0.25, -0.2) is 8.42 Å². The van der Waals surface area contributed by atoms with Crippen LogP contribution in [0.15, 0.2) is 24.3 Å². The lowest BCUT2D eigenvalue weighted by atomic mass is 9.77. The fourth-order valence-electron chi connectivity index (χ4n) is 5.40. The molecule has 3 atom stereocenters. The maximum absolute atomic E-state index is 13.4. The molecule has 2 fully saturated rings. The Kier molecular flexibility index (Phi) is 6.75. The molecular formula is C25H34N2O4S. The molecule has 2 heterocycles. The van der Waals surface area contributed by atoms with Crippen LogP contribution < -0.4 is 5.32 Å². The number of aryl methyl sites for hydroxylation is 1. The molecule has 2 aliphatic heterocycles. The second-order valence-corrected chi connectivity index (χ2v) is 11.8. The number of nitrogens with zero attached hydrogens (tertiary/aromatic N) is 1. The van der Waals surface area contributed by atoms with Crippen LogP contribution in [0.3, 0.4) is 0 Å². The van der Waals surface area contributed by atoms with Gasteiger partial charge in [-0.2, -0.15) is 0 Å². The van der Waals surface area contributed by atoms with Crippen molar-refractivity contribution in [3.63, 3.8) is 0 Å². The predicted molar refractivity (Wildman–Crippen MR) is 126 cm³/mol. The van der Waals surface area contributed by atoms with Crippen molar-refractivity contribution in [1.29, 1.82) is 0 Å². The van der Waals surface area contributed by atoms with Crippen LogP contribution in [0.1, 0.15) is 55.2 Å². The average molecular weight is 459 g/mol. The molecule has 0 aromatic heterocycles. The van der Waals surface area contributed by atoms with Crippen molar-refractivity contribution in [2.45, 2.75) is 58.4 Å². The Hall–Kier alpha value is -2.15. The van der Waals surface area contributed by atoms with E-state index >= 15 is 0 Å². The number of rotatable bonds is 4. The zero-order valence-corrected chi connectivity index (χ0v) is 19.9. The molecule has 4 rings (SSSR count). The van der Waals surface area contributed by atoms with Crippen LogP contribution in [-0.2, 0) is 19.4 Å². The summed E-state index contributed by atoms with van der Waals surface area (Å²) in [6.07, 6.45) is 6.75. The predicted octanol–water partition coefficient (Wildman–Crippen LogP) is 3.03. The monoisotopic (exact) mass is 458 g/mol. The van der Waals surface area contributed by atoms with E-state index in [0.29, 0.717) is 25.9 Å². The summed E-state index contributed by atoms with van der Waals surface area (Å²) in [7, 11) is -3.05. The molecule has 3 unspecified atom stereocenters. The third kappa shape index (κ3) is 4.92. The fraction of sp³-hybridized carbons (Fsp3) is 0.600. The molecule has 1 aromatic carbocycles. The standard InChI is InChI=1S/C25H34N2O4S/c1-17-6-5-9-21(18(17)2)19-10-13-27(14-11-19)25(29)23-8-4-3-7-22(23)24(28)26-20-12-15-32(30,31)16-20/h5-6,9-10,20,22-23H,3-4,7-8,11-16H2,1-2H3,(H,26,28). The van der Waals surface area contributed by atoms with E-state index in [9.17, 15) is 18.0 Å². The van der Waals surface area contributed by atoms with Crippen LogP contribution in [0.2, 0.25) is 0 Å². The molecule has 1 saturated heterocycles. The maximum atomic E-state index is 13.4. The molecule has 1 aromatic rings. The van der Waals surface area contributed by atoms with E-state index < -0.39 is 9.84 Å². The summed E-state index contributed by atoms with van der Waals surface area (Å²) in [5.74, 6) is -0.592. The number of benzene rings is 1. The molecule has 0 spiro atoms. The van der Waals surface area contributed by atoms with Crippen LogP contribution in [0.4, 0.5) is 0 Å². The molecule has 174 valence electrons. The van der Waals surface area contributed by atoms with Gasteiger partial charge in [-0.05, 0) is 61.8 Å². The molecule has 3 aliphatic rings. The minimum absolute atomic E-state index is 0.0160. The van der Waals surface area contributed by atoms with E-state index in [0.717, 1.165) is 25.7 Å². The number of carbonyl (C=O) groups is 2. The quantitative estimate of drug-likeness (QED) is 0.752. The summed E-state index contributed by atoms with van der Waals surface area (Å²) in [4.78, 5) is 28.3. The van der Waals surface area contributed by atoms with Crippen molar-refractivity contribution < 1.29 is 18.0 Å². The summed E-state index contributed by atoms with van der Waals surface area (Å²) in [6.45, 7) is 5.51.